The average molecular weight is 470 g/mol. The standard InChI is InChI=1S/C27H39N3O4/c1-4-6-15-29-26(33)24-21-14-13-19(10-5-2)22(25(32)28-3)23(21)27(34)30(24)20(17-31)16-18-11-8-7-9-12-18/h7-9,11-14,19-24,31H,4-6,10,15-17H2,1-3H3,(H,28,32)(H,29,33)/t19-,20-,21+,22-,23-,24+/m1/s1. The quantitative estimate of drug-likeness (QED) is 0.342. The maximum atomic E-state index is 14.0. The number of nitrogens with zero attached hydrogens (tertiary/aromatic N) is 1. The lowest BCUT2D eigenvalue weighted by Crippen LogP contribution is -2.53. The molecule has 2 aliphatic rings. The van der Waals surface area contributed by atoms with Crippen molar-refractivity contribution >= 4 is 17.7 Å². The largest absolute Gasteiger partial charge is 0.394 e. The molecule has 3 amide bonds. The van der Waals surface area contributed by atoms with Crippen molar-refractivity contribution in [3.8, 4) is 0 Å². The van der Waals surface area contributed by atoms with E-state index in [1.54, 1.807) is 11.9 Å². The zero-order chi connectivity index (χ0) is 24.7. The molecule has 1 aliphatic heterocycles. The molecule has 0 unspecified atom stereocenters. The van der Waals surface area contributed by atoms with Crippen molar-refractivity contribution in [2.45, 2.75) is 58.0 Å². The zero-order valence-electron chi connectivity index (χ0n) is 20.6. The summed E-state index contributed by atoms with van der Waals surface area (Å²) in [5.74, 6) is -2.20. The number of fused-ring (bicyclic) bond motifs is 1. The topological polar surface area (TPSA) is 98.7 Å². The van der Waals surface area contributed by atoms with Crippen molar-refractivity contribution in [1.29, 1.82) is 0 Å². The maximum absolute atomic E-state index is 14.0. The minimum Gasteiger partial charge on any atom is -0.394 e. The first-order valence-corrected chi connectivity index (χ1v) is 12.6. The van der Waals surface area contributed by atoms with Gasteiger partial charge >= 0.3 is 0 Å². The molecule has 1 aliphatic carbocycles. The fourth-order valence-corrected chi connectivity index (χ4v) is 5.60. The fraction of sp³-hybridized carbons (Fsp3) is 0.593. The van der Waals surface area contributed by atoms with E-state index in [0.717, 1.165) is 31.2 Å². The number of likely N-dealkylation sites (tertiary alicyclic amines) is 1. The minimum atomic E-state index is -0.749. The van der Waals surface area contributed by atoms with Crippen molar-refractivity contribution in [2.24, 2.45) is 23.7 Å². The minimum absolute atomic E-state index is 0.0550. The van der Waals surface area contributed by atoms with Crippen molar-refractivity contribution in [2.75, 3.05) is 20.2 Å². The van der Waals surface area contributed by atoms with Gasteiger partial charge < -0.3 is 20.6 Å². The van der Waals surface area contributed by atoms with Gasteiger partial charge in [0.1, 0.15) is 6.04 Å². The van der Waals surface area contributed by atoms with Crippen LogP contribution in [0.4, 0.5) is 0 Å². The van der Waals surface area contributed by atoms with Gasteiger partial charge in [-0.05, 0) is 30.7 Å². The maximum Gasteiger partial charge on any atom is 0.243 e. The average Bonchev–Trinajstić information content (AvgIpc) is 3.15. The Morgan fingerprint density at radius 1 is 1.09 bits per heavy atom. The summed E-state index contributed by atoms with van der Waals surface area (Å²) in [6.45, 7) is 4.40. The first-order valence-electron chi connectivity index (χ1n) is 12.6. The van der Waals surface area contributed by atoms with Gasteiger partial charge in [-0.2, -0.15) is 0 Å². The molecule has 1 aromatic carbocycles. The SMILES string of the molecule is CCCCNC(=O)[C@@H]1[C@H]2C=C[C@@H](CCC)[C@@H](C(=O)NC)[C@@H]2C(=O)N1[C@@H](CO)Cc1ccccc1. The van der Waals surface area contributed by atoms with Crippen molar-refractivity contribution in [1.82, 2.24) is 15.5 Å². The molecule has 7 nitrogen and oxygen atoms in total. The normalized spacial score (nSPS) is 26.8. The van der Waals surface area contributed by atoms with Gasteiger partial charge in [-0.1, -0.05) is 69.2 Å². The third-order valence-electron chi connectivity index (χ3n) is 7.23. The number of aliphatic hydroxyl groups is 1. The van der Waals surface area contributed by atoms with E-state index in [1.165, 1.54) is 0 Å². The Morgan fingerprint density at radius 3 is 2.44 bits per heavy atom. The lowest BCUT2D eigenvalue weighted by atomic mass is 9.68. The summed E-state index contributed by atoms with van der Waals surface area (Å²) in [5.41, 5.74) is 0.983. The lowest BCUT2D eigenvalue weighted by Gasteiger charge is -2.34. The highest BCUT2D eigenvalue weighted by Crippen LogP contribution is 2.46. The number of rotatable bonds is 11. The van der Waals surface area contributed by atoms with Gasteiger partial charge in [0.15, 0.2) is 0 Å². The van der Waals surface area contributed by atoms with Crippen LogP contribution in [0.1, 0.15) is 45.1 Å². The molecular weight excluding hydrogens is 430 g/mol. The van der Waals surface area contributed by atoms with Crippen LogP contribution in [0.25, 0.3) is 0 Å². The fourth-order valence-electron chi connectivity index (χ4n) is 5.60. The third kappa shape index (κ3) is 5.35. The van der Waals surface area contributed by atoms with E-state index >= 15 is 0 Å². The smallest absolute Gasteiger partial charge is 0.243 e. The highest BCUT2D eigenvalue weighted by molar-refractivity contribution is 5.97. The van der Waals surface area contributed by atoms with Crippen LogP contribution < -0.4 is 10.6 Å². The second-order valence-corrected chi connectivity index (χ2v) is 9.44. The first kappa shape index (κ1) is 25.9. The Balaban J connectivity index is 2.00. The van der Waals surface area contributed by atoms with Crippen LogP contribution in [0.2, 0.25) is 0 Å². The van der Waals surface area contributed by atoms with Crippen LogP contribution in [0.3, 0.4) is 0 Å². The Labute approximate surface area is 203 Å². The van der Waals surface area contributed by atoms with Gasteiger partial charge in [-0.25, -0.2) is 0 Å². The van der Waals surface area contributed by atoms with E-state index in [4.69, 9.17) is 0 Å². The summed E-state index contributed by atoms with van der Waals surface area (Å²) >= 11 is 0. The summed E-state index contributed by atoms with van der Waals surface area (Å²) in [5, 5.41) is 16.1. The van der Waals surface area contributed by atoms with Crippen LogP contribution >= 0.6 is 0 Å². The Hall–Kier alpha value is -2.67. The Kier molecular flexibility index (Phi) is 9.28. The van der Waals surface area contributed by atoms with Crippen molar-refractivity contribution in [3.63, 3.8) is 0 Å². The molecular formula is C27H39N3O4. The molecule has 34 heavy (non-hydrogen) atoms. The molecule has 1 fully saturated rings. The van der Waals surface area contributed by atoms with Crippen molar-refractivity contribution < 1.29 is 19.5 Å². The number of hydrogen-bond donors (Lipinski definition) is 3. The number of carbonyl (C=O) groups is 3. The highest BCUT2D eigenvalue weighted by Gasteiger charge is 2.58. The van der Waals surface area contributed by atoms with E-state index in [1.807, 2.05) is 42.5 Å². The molecule has 186 valence electrons. The Bertz CT molecular complexity index is 872. The van der Waals surface area contributed by atoms with Crippen LogP contribution in [-0.4, -0.2) is 60.0 Å². The van der Waals surface area contributed by atoms with Crippen LogP contribution in [-0.2, 0) is 20.8 Å². The van der Waals surface area contributed by atoms with E-state index in [2.05, 4.69) is 24.5 Å². The molecule has 6 atom stereocenters. The second kappa shape index (κ2) is 12.2. The zero-order valence-corrected chi connectivity index (χ0v) is 20.6. The number of carbonyl (C=O) groups excluding carboxylic acids is 3. The summed E-state index contributed by atoms with van der Waals surface area (Å²) in [6, 6.07) is 8.37. The first-order chi connectivity index (χ1) is 16.5. The molecule has 0 saturated carbocycles. The molecule has 3 rings (SSSR count). The van der Waals surface area contributed by atoms with Gasteiger partial charge in [0, 0.05) is 19.5 Å². The molecule has 0 spiro atoms. The van der Waals surface area contributed by atoms with Crippen LogP contribution in [0, 0.1) is 23.7 Å². The van der Waals surface area contributed by atoms with E-state index in [-0.39, 0.29) is 30.2 Å². The molecule has 7 heteroatoms. The highest BCUT2D eigenvalue weighted by atomic mass is 16.3. The molecule has 1 aromatic rings. The summed E-state index contributed by atoms with van der Waals surface area (Å²) in [7, 11) is 1.59. The van der Waals surface area contributed by atoms with Gasteiger partial charge in [-0.15, -0.1) is 0 Å². The predicted octanol–water partition coefficient (Wildman–Crippen LogP) is 2.30. The number of allylic oxidation sites excluding steroid dienone is 1. The number of benzene rings is 1. The predicted molar refractivity (Wildman–Crippen MR) is 132 cm³/mol. The lowest BCUT2D eigenvalue weighted by molar-refractivity contribution is -0.143. The summed E-state index contributed by atoms with van der Waals surface area (Å²) in [4.78, 5) is 42.0. The number of nitrogens with one attached hydrogen (secondary N) is 2. The third-order valence-corrected chi connectivity index (χ3v) is 7.23. The van der Waals surface area contributed by atoms with E-state index < -0.39 is 29.8 Å². The number of aliphatic hydroxyl groups excluding tert-OH is 1. The molecule has 0 bridgehead atoms. The van der Waals surface area contributed by atoms with E-state index in [9.17, 15) is 19.5 Å². The van der Waals surface area contributed by atoms with Gasteiger partial charge in [0.25, 0.3) is 0 Å². The van der Waals surface area contributed by atoms with Crippen LogP contribution in [0.5, 0.6) is 0 Å². The molecule has 3 N–H and O–H groups in total. The summed E-state index contributed by atoms with van der Waals surface area (Å²) < 4.78 is 0. The molecule has 0 radical (unpaired) electrons. The number of hydrogen-bond acceptors (Lipinski definition) is 4. The van der Waals surface area contributed by atoms with Gasteiger partial charge in [-0.3, -0.25) is 14.4 Å². The monoisotopic (exact) mass is 469 g/mol. The Morgan fingerprint density at radius 2 is 1.82 bits per heavy atom. The van der Waals surface area contributed by atoms with Crippen LogP contribution in [0.15, 0.2) is 42.5 Å². The van der Waals surface area contributed by atoms with E-state index in [0.29, 0.717) is 13.0 Å². The van der Waals surface area contributed by atoms with Gasteiger partial charge in [0.05, 0.1) is 24.5 Å². The molecule has 0 aromatic heterocycles. The molecule has 1 saturated heterocycles. The van der Waals surface area contributed by atoms with Crippen molar-refractivity contribution in [3.05, 3.63) is 48.0 Å². The summed E-state index contributed by atoms with van der Waals surface area (Å²) in [6.07, 6.45) is 7.93. The number of unbranched alkanes of at least 4 members (excludes halogenated alkanes) is 1. The number of amides is 3. The van der Waals surface area contributed by atoms with Gasteiger partial charge in [0.2, 0.25) is 17.7 Å². The molecule has 1 heterocycles. The second-order valence-electron chi connectivity index (χ2n) is 9.44.